The van der Waals surface area contributed by atoms with Crippen molar-refractivity contribution >= 4 is 16.7 Å². The molecular formula is C27H37NO3. The number of fused-ring (bicyclic) bond motifs is 1. The van der Waals surface area contributed by atoms with Gasteiger partial charge < -0.3 is 9.84 Å². The van der Waals surface area contributed by atoms with Gasteiger partial charge in [0.25, 0.3) is 0 Å². The van der Waals surface area contributed by atoms with Crippen LogP contribution in [0.5, 0.6) is 5.75 Å². The van der Waals surface area contributed by atoms with Crippen molar-refractivity contribution in [1.29, 1.82) is 0 Å². The molecule has 1 atom stereocenters. The summed E-state index contributed by atoms with van der Waals surface area (Å²) in [6.45, 7) is 9.50. The highest BCUT2D eigenvalue weighted by Crippen LogP contribution is 2.39. The van der Waals surface area contributed by atoms with Gasteiger partial charge in [-0.25, -0.2) is 0 Å². The maximum absolute atomic E-state index is 11.3. The summed E-state index contributed by atoms with van der Waals surface area (Å²) in [6, 6.07) is 13.0. The number of piperidine rings is 1. The highest BCUT2D eigenvalue weighted by atomic mass is 16.5. The van der Waals surface area contributed by atoms with Crippen molar-refractivity contribution in [2.24, 2.45) is 17.3 Å². The molecule has 4 rings (SSSR count). The fraction of sp³-hybridized carbons (Fsp3) is 0.593. The van der Waals surface area contributed by atoms with Crippen molar-refractivity contribution in [2.45, 2.75) is 71.9 Å². The normalized spacial score (nSPS) is 25.5. The van der Waals surface area contributed by atoms with Crippen LogP contribution >= 0.6 is 0 Å². The zero-order valence-electron chi connectivity index (χ0n) is 19.3. The summed E-state index contributed by atoms with van der Waals surface area (Å²) in [5.74, 6) is 0.878. The zero-order chi connectivity index (χ0) is 22.0. The van der Waals surface area contributed by atoms with Gasteiger partial charge >= 0.3 is 5.97 Å². The maximum Gasteiger partial charge on any atom is 0.307 e. The van der Waals surface area contributed by atoms with Gasteiger partial charge in [-0.2, -0.15) is 0 Å². The van der Waals surface area contributed by atoms with Crippen LogP contribution in [0.3, 0.4) is 0 Å². The van der Waals surface area contributed by atoms with Gasteiger partial charge in [0.15, 0.2) is 0 Å². The van der Waals surface area contributed by atoms with E-state index in [9.17, 15) is 9.90 Å². The van der Waals surface area contributed by atoms with Crippen molar-refractivity contribution < 1.29 is 14.6 Å². The number of likely N-dealkylation sites (tertiary alicyclic amines) is 1. The number of nitrogens with zero attached hydrogens (tertiary/aromatic N) is 1. The number of hydrogen-bond donors (Lipinski definition) is 1. The Hall–Kier alpha value is -2.07. The van der Waals surface area contributed by atoms with Crippen LogP contribution in [0.1, 0.15) is 64.9 Å². The molecule has 0 spiro atoms. The van der Waals surface area contributed by atoms with Gasteiger partial charge in [-0.05, 0) is 90.9 Å². The van der Waals surface area contributed by atoms with Crippen LogP contribution in [0, 0.1) is 17.3 Å². The van der Waals surface area contributed by atoms with Crippen LogP contribution in [-0.4, -0.2) is 35.2 Å². The van der Waals surface area contributed by atoms with E-state index in [1.807, 2.05) is 0 Å². The summed E-state index contributed by atoms with van der Waals surface area (Å²) in [5, 5.41) is 11.7. The minimum Gasteiger partial charge on any atom is -0.490 e. The summed E-state index contributed by atoms with van der Waals surface area (Å²) in [7, 11) is 0. The SMILES string of the molecule is CC(C)(C)C1CCC(Oc2ccc3cc(CN4CCC[C@H](C(=O)O)C4)ccc3c2)CC1. The molecule has 2 aromatic carbocycles. The molecule has 1 aliphatic heterocycles. The lowest BCUT2D eigenvalue weighted by molar-refractivity contribution is -0.143. The van der Waals surface area contributed by atoms with Gasteiger partial charge in [0.2, 0.25) is 0 Å². The van der Waals surface area contributed by atoms with Crippen molar-refractivity contribution in [3.63, 3.8) is 0 Å². The van der Waals surface area contributed by atoms with E-state index in [1.54, 1.807) is 0 Å². The smallest absolute Gasteiger partial charge is 0.307 e. The Morgan fingerprint density at radius 3 is 2.45 bits per heavy atom. The second-order valence-electron chi connectivity index (χ2n) is 10.7. The van der Waals surface area contributed by atoms with Crippen LogP contribution < -0.4 is 4.74 Å². The van der Waals surface area contributed by atoms with Gasteiger partial charge in [-0.3, -0.25) is 9.69 Å². The van der Waals surface area contributed by atoms with Gasteiger partial charge in [-0.1, -0.05) is 39.0 Å². The molecule has 1 saturated heterocycles. The Morgan fingerprint density at radius 2 is 1.74 bits per heavy atom. The number of ether oxygens (including phenoxy) is 1. The summed E-state index contributed by atoms with van der Waals surface area (Å²) in [6.07, 6.45) is 6.89. The number of carboxylic acids is 1. The molecule has 0 amide bonds. The van der Waals surface area contributed by atoms with Crippen LogP contribution in [0.4, 0.5) is 0 Å². The summed E-state index contributed by atoms with van der Waals surface area (Å²) in [4.78, 5) is 13.6. The van der Waals surface area contributed by atoms with Crippen LogP contribution in [0.2, 0.25) is 0 Å². The number of aliphatic carboxylic acids is 1. The Balaban J connectivity index is 1.37. The van der Waals surface area contributed by atoms with E-state index in [0.29, 0.717) is 18.1 Å². The topological polar surface area (TPSA) is 49.8 Å². The molecule has 4 nitrogen and oxygen atoms in total. The van der Waals surface area contributed by atoms with Gasteiger partial charge in [0.1, 0.15) is 5.75 Å². The Labute approximate surface area is 186 Å². The van der Waals surface area contributed by atoms with Crippen molar-refractivity contribution in [3.8, 4) is 5.75 Å². The minimum atomic E-state index is -0.664. The van der Waals surface area contributed by atoms with Crippen molar-refractivity contribution in [1.82, 2.24) is 4.90 Å². The monoisotopic (exact) mass is 423 g/mol. The van der Waals surface area contributed by atoms with Gasteiger partial charge in [-0.15, -0.1) is 0 Å². The molecule has 0 aromatic heterocycles. The molecule has 0 bridgehead atoms. The lowest BCUT2D eigenvalue weighted by Gasteiger charge is -2.37. The summed E-state index contributed by atoms with van der Waals surface area (Å²) in [5.41, 5.74) is 1.64. The first-order valence-electron chi connectivity index (χ1n) is 11.9. The number of benzene rings is 2. The molecular weight excluding hydrogens is 386 g/mol. The van der Waals surface area contributed by atoms with Crippen LogP contribution in [-0.2, 0) is 11.3 Å². The predicted molar refractivity (Wildman–Crippen MR) is 125 cm³/mol. The highest BCUT2D eigenvalue weighted by molar-refractivity contribution is 5.84. The molecule has 31 heavy (non-hydrogen) atoms. The molecule has 1 N–H and O–H groups in total. The maximum atomic E-state index is 11.3. The molecule has 2 aromatic rings. The fourth-order valence-corrected chi connectivity index (χ4v) is 5.34. The average molecular weight is 424 g/mol. The van der Waals surface area contributed by atoms with E-state index in [4.69, 9.17) is 4.74 Å². The van der Waals surface area contributed by atoms with Crippen LogP contribution in [0.25, 0.3) is 10.8 Å². The lowest BCUT2D eigenvalue weighted by atomic mass is 9.72. The minimum absolute atomic E-state index is 0.229. The number of hydrogen-bond acceptors (Lipinski definition) is 3. The number of carboxylic acid groups (broad SMARTS) is 1. The molecule has 1 saturated carbocycles. The highest BCUT2D eigenvalue weighted by Gasteiger charge is 2.30. The average Bonchev–Trinajstić information content (AvgIpc) is 2.74. The molecule has 1 heterocycles. The summed E-state index contributed by atoms with van der Waals surface area (Å²) < 4.78 is 6.35. The molecule has 2 aliphatic rings. The van der Waals surface area contributed by atoms with Gasteiger partial charge in [0.05, 0.1) is 12.0 Å². The Morgan fingerprint density at radius 1 is 1.03 bits per heavy atom. The van der Waals surface area contributed by atoms with Gasteiger partial charge in [0, 0.05) is 13.1 Å². The predicted octanol–water partition coefficient (Wildman–Crippen LogP) is 6.12. The third-order valence-corrected chi connectivity index (χ3v) is 7.34. The third kappa shape index (κ3) is 5.60. The van der Waals surface area contributed by atoms with E-state index in [-0.39, 0.29) is 5.92 Å². The molecule has 0 radical (unpaired) electrons. The molecule has 4 heteroatoms. The van der Waals surface area contributed by atoms with E-state index in [2.05, 4.69) is 62.1 Å². The van der Waals surface area contributed by atoms with Crippen molar-refractivity contribution in [2.75, 3.05) is 13.1 Å². The molecule has 168 valence electrons. The van der Waals surface area contributed by atoms with E-state index in [0.717, 1.165) is 50.4 Å². The first-order chi connectivity index (χ1) is 14.8. The van der Waals surface area contributed by atoms with E-state index >= 15 is 0 Å². The van der Waals surface area contributed by atoms with E-state index in [1.165, 1.54) is 29.2 Å². The lowest BCUT2D eigenvalue weighted by Crippen LogP contribution is -2.38. The first kappa shape index (κ1) is 22.1. The second-order valence-corrected chi connectivity index (χ2v) is 10.7. The molecule has 1 aliphatic carbocycles. The fourth-order valence-electron chi connectivity index (χ4n) is 5.34. The number of rotatable bonds is 5. The third-order valence-electron chi connectivity index (χ3n) is 7.34. The summed E-state index contributed by atoms with van der Waals surface area (Å²) >= 11 is 0. The quantitative estimate of drug-likeness (QED) is 0.629. The number of carbonyl (C=O) groups is 1. The Kier molecular flexibility index (Phi) is 6.57. The van der Waals surface area contributed by atoms with Crippen LogP contribution in [0.15, 0.2) is 36.4 Å². The molecule has 2 fully saturated rings. The first-order valence-corrected chi connectivity index (χ1v) is 11.9. The van der Waals surface area contributed by atoms with Crippen molar-refractivity contribution in [3.05, 3.63) is 42.0 Å². The molecule has 0 unspecified atom stereocenters. The zero-order valence-corrected chi connectivity index (χ0v) is 19.3. The van der Waals surface area contributed by atoms with E-state index < -0.39 is 5.97 Å². The second kappa shape index (κ2) is 9.20. The largest absolute Gasteiger partial charge is 0.490 e. The standard InChI is InChI=1S/C27H37NO3/c1-27(2,3)23-9-12-24(13-10-23)31-25-11-8-20-15-19(6-7-21(20)16-25)17-28-14-4-5-22(18-28)26(29)30/h6-8,11,15-16,22-24H,4-5,9-10,12-14,17-18H2,1-3H3,(H,29,30)/t22-,23?,24?/m0/s1. The Bertz CT molecular complexity index is 908.